The van der Waals surface area contributed by atoms with Gasteiger partial charge in [0.2, 0.25) is 10.0 Å². The fraction of sp³-hybridized carbons (Fsp3) is 0.319. The zero-order chi connectivity index (χ0) is 43.6. The molecule has 0 aromatic heterocycles. The topological polar surface area (TPSA) is 140 Å². The van der Waals surface area contributed by atoms with Crippen LogP contribution in [0.5, 0.6) is 0 Å². The summed E-state index contributed by atoms with van der Waals surface area (Å²) in [6, 6.07) is 46.6. The van der Waals surface area contributed by atoms with Gasteiger partial charge < -0.3 is 24.0 Å². The van der Waals surface area contributed by atoms with Crippen molar-refractivity contribution in [3.63, 3.8) is 0 Å². The number of nitrogens with one attached hydrogen (secondary N) is 2. The van der Waals surface area contributed by atoms with Gasteiger partial charge in [-0.1, -0.05) is 163 Å². The lowest BCUT2D eigenvalue weighted by atomic mass is 10.2. The summed E-state index contributed by atoms with van der Waals surface area (Å²) in [7, 11) is -7.93. The SMILES string of the molecule is CC(C)(C)[Si](O[C@@H]1CCOC1=O)(c1ccccc1)c1ccccc1.CNS(=O)(=O)c1ccc(NC(=O)[C@@H](CCO)O[Si](c2ccccc2)(c2ccccc2)C(C)(C)C)cc1. The third-order valence-corrected chi connectivity index (χ3v) is 22.3. The Morgan fingerprint density at radius 3 is 1.48 bits per heavy atom. The highest BCUT2D eigenvalue weighted by Crippen LogP contribution is 2.39. The molecule has 60 heavy (non-hydrogen) atoms. The maximum Gasteiger partial charge on any atom is 0.334 e. The molecule has 1 aliphatic rings. The number of anilines is 1. The first-order chi connectivity index (χ1) is 28.5. The van der Waals surface area contributed by atoms with Crippen LogP contribution in [-0.2, 0) is 33.2 Å². The summed E-state index contributed by atoms with van der Waals surface area (Å²) in [6.07, 6.45) is -0.662. The number of carbonyl (C=O) groups is 2. The number of aliphatic hydroxyl groups excluding tert-OH is 1. The Labute approximate surface area is 357 Å². The molecule has 318 valence electrons. The molecule has 3 N–H and O–H groups in total. The highest BCUT2D eigenvalue weighted by Gasteiger charge is 2.54. The van der Waals surface area contributed by atoms with Crippen LogP contribution in [0.15, 0.2) is 150 Å². The fourth-order valence-corrected chi connectivity index (χ4v) is 17.9. The molecule has 0 spiro atoms. The van der Waals surface area contributed by atoms with Crippen LogP contribution in [-0.4, -0.2) is 74.5 Å². The molecule has 13 heteroatoms. The Hall–Kier alpha value is -4.74. The number of rotatable bonds is 14. The van der Waals surface area contributed by atoms with E-state index in [0.717, 1.165) is 10.4 Å². The van der Waals surface area contributed by atoms with E-state index in [9.17, 15) is 23.1 Å². The van der Waals surface area contributed by atoms with E-state index in [0.29, 0.717) is 18.7 Å². The largest absolute Gasteiger partial charge is 0.464 e. The van der Waals surface area contributed by atoms with Gasteiger partial charge in [-0.15, -0.1) is 0 Å². The van der Waals surface area contributed by atoms with Crippen molar-refractivity contribution >= 4 is 65.0 Å². The van der Waals surface area contributed by atoms with Gasteiger partial charge in [-0.05, 0) is 62.1 Å². The van der Waals surface area contributed by atoms with Gasteiger partial charge in [-0.3, -0.25) is 4.79 Å². The van der Waals surface area contributed by atoms with E-state index < -0.39 is 44.8 Å². The lowest BCUT2D eigenvalue weighted by Gasteiger charge is -2.44. The van der Waals surface area contributed by atoms with Gasteiger partial charge in [0.15, 0.2) is 0 Å². The number of sulfonamides is 1. The molecule has 5 aromatic carbocycles. The van der Waals surface area contributed by atoms with Crippen LogP contribution in [0.2, 0.25) is 10.1 Å². The molecule has 1 fully saturated rings. The van der Waals surface area contributed by atoms with Crippen molar-refractivity contribution in [2.24, 2.45) is 0 Å². The Morgan fingerprint density at radius 2 is 1.13 bits per heavy atom. The van der Waals surface area contributed by atoms with E-state index in [2.05, 4.69) is 75.8 Å². The Morgan fingerprint density at radius 1 is 0.717 bits per heavy atom. The minimum Gasteiger partial charge on any atom is -0.464 e. The van der Waals surface area contributed by atoms with Crippen LogP contribution in [0.25, 0.3) is 0 Å². The van der Waals surface area contributed by atoms with Crippen LogP contribution in [0.3, 0.4) is 0 Å². The standard InChI is InChI=1S/C27H34N2O5SSi.C20H24O3Si/c1-27(2,3)36(23-11-7-5-8-12-23,24-13-9-6-10-14-24)34-25(19-20-30)26(31)29-21-15-17-22(18-16-21)35(32,33)28-4;1-20(2,3)24(16-10-6-4-7-11-16,17-12-8-5-9-13-17)23-18-14-15-22-19(18)21/h5-18,25,28,30H,19-20H2,1-4H3,(H,29,31);4-13,18H,14-15H2,1-3H3/t25-;18-/m11/s1. The number of hydrogen-bond acceptors (Lipinski definition) is 8. The molecule has 0 saturated carbocycles. The predicted octanol–water partition coefficient (Wildman–Crippen LogP) is 5.74. The fourth-order valence-electron chi connectivity index (χ4n) is 7.81. The molecular formula is C47H58N2O8SSi2. The zero-order valence-corrected chi connectivity index (χ0v) is 38.4. The third kappa shape index (κ3) is 10.2. The predicted molar refractivity (Wildman–Crippen MR) is 244 cm³/mol. The normalized spacial score (nSPS) is 15.3. The van der Waals surface area contributed by atoms with Gasteiger partial charge in [0.05, 0.1) is 11.5 Å². The van der Waals surface area contributed by atoms with E-state index in [1.54, 1.807) is 0 Å². The summed E-state index contributed by atoms with van der Waals surface area (Å²) in [6.45, 7) is 13.2. The van der Waals surface area contributed by atoms with Crippen molar-refractivity contribution in [1.29, 1.82) is 0 Å². The molecule has 1 saturated heterocycles. The van der Waals surface area contributed by atoms with Gasteiger partial charge in [-0.25, -0.2) is 17.9 Å². The van der Waals surface area contributed by atoms with E-state index in [1.807, 2.05) is 97.1 Å². The molecule has 6 rings (SSSR count). The van der Waals surface area contributed by atoms with Crippen molar-refractivity contribution in [1.82, 2.24) is 4.72 Å². The lowest BCUT2D eigenvalue weighted by Crippen LogP contribution is -2.68. The second-order valence-electron chi connectivity index (χ2n) is 16.7. The number of esters is 1. The number of cyclic esters (lactones) is 1. The number of benzene rings is 5. The smallest absolute Gasteiger partial charge is 0.334 e. The summed E-state index contributed by atoms with van der Waals surface area (Å²) in [4.78, 5) is 25.7. The van der Waals surface area contributed by atoms with Crippen molar-refractivity contribution < 1.29 is 36.7 Å². The molecule has 1 amide bonds. The Balaban J connectivity index is 0.000000246. The molecule has 5 aromatic rings. The first-order valence-corrected chi connectivity index (χ1v) is 25.5. The molecule has 0 aliphatic carbocycles. The first-order valence-electron chi connectivity index (χ1n) is 20.2. The van der Waals surface area contributed by atoms with Crippen LogP contribution in [0.1, 0.15) is 54.4 Å². The third-order valence-electron chi connectivity index (χ3n) is 10.7. The van der Waals surface area contributed by atoms with Gasteiger partial charge in [0, 0.05) is 25.1 Å². The summed E-state index contributed by atoms with van der Waals surface area (Å²) in [5, 5.41) is 16.6. The van der Waals surface area contributed by atoms with E-state index in [-0.39, 0.29) is 34.0 Å². The van der Waals surface area contributed by atoms with Gasteiger partial charge in [-0.2, -0.15) is 0 Å². The van der Waals surface area contributed by atoms with Crippen LogP contribution in [0, 0.1) is 0 Å². The number of ether oxygens (including phenoxy) is 1. The quantitative estimate of drug-likeness (QED) is 0.0950. The lowest BCUT2D eigenvalue weighted by molar-refractivity contribution is -0.143. The van der Waals surface area contributed by atoms with Crippen LogP contribution in [0.4, 0.5) is 5.69 Å². The molecular weight excluding hydrogens is 809 g/mol. The minimum atomic E-state index is -3.58. The second-order valence-corrected chi connectivity index (χ2v) is 27.1. The van der Waals surface area contributed by atoms with E-state index >= 15 is 0 Å². The summed E-state index contributed by atoms with van der Waals surface area (Å²) < 4.78 is 45.0. The molecule has 2 atom stereocenters. The van der Waals surface area contributed by atoms with Gasteiger partial charge >= 0.3 is 5.97 Å². The number of amides is 1. The molecule has 0 unspecified atom stereocenters. The van der Waals surface area contributed by atoms with Gasteiger partial charge in [0.1, 0.15) is 12.2 Å². The molecule has 1 heterocycles. The first kappa shape index (κ1) is 46.3. The van der Waals surface area contributed by atoms with Crippen LogP contribution >= 0.6 is 0 Å². The van der Waals surface area contributed by atoms with E-state index in [1.165, 1.54) is 41.7 Å². The molecule has 0 bridgehead atoms. The van der Waals surface area contributed by atoms with Crippen molar-refractivity contribution in [3.05, 3.63) is 146 Å². The minimum absolute atomic E-state index is 0.0958. The maximum atomic E-state index is 13.5. The summed E-state index contributed by atoms with van der Waals surface area (Å²) >= 11 is 0. The second kappa shape index (κ2) is 19.8. The summed E-state index contributed by atoms with van der Waals surface area (Å²) in [5.41, 5.74) is 0.434. The maximum absolute atomic E-state index is 13.5. The molecule has 1 aliphatic heterocycles. The van der Waals surface area contributed by atoms with Crippen molar-refractivity contribution in [2.75, 3.05) is 25.6 Å². The van der Waals surface area contributed by atoms with Gasteiger partial charge in [0.25, 0.3) is 22.5 Å². The van der Waals surface area contributed by atoms with Crippen molar-refractivity contribution in [3.8, 4) is 0 Å². The average molecular weight is 867 g/mol. The molecule has 10 nitrogen and oxygen atoms in total. The monoisotopic (exact) mass is 866 g/mol. The van der Waals surface area contributed by atoms with Crippen LogP contribution < -0.4 is 30.8 Å². The van der Waals surface area contributed by atoms with Crippen molar-refractivity contribution in [2.45, 2.75) is 81.6 Å². The average Bonchev–Trinajstić information content (AvgIpc) is 3.65. The summed E-state index contributed by atoms with van der Waals surface area (Å²) in [5.74, 6) is -0.635. The Kier molecular flexibility index (Phi) is 15.3. The highest BCUT2D eigenvalue weighted by atomic mass is 32.2. The molecule has 0 radical (unpaired) electrons. The van der Waals surface area contributed by atoms with E-state index in [4.69, 9.17) is 13.6 Å². The number of aliphatic hydroxyl groups is 1. The highest BCUT2D eigenvalue weighted by molar-refractivity contribution is 7.89. The Bertz CT molecular complexity index is 2170. The zero-order valence-electron chi connectivity index (χ0n) is 35.6. The number of hydrogen-bond donors (Lipinski definition) is 3. The number of carbonyl (C=O) groups excluding carboxylic acids is 2.